The number of benzene rings is 1. The highest BCUT2D eigenvalue weighted by Gasteiger charge is 2.28. The Labute approximate surface area is 135 Å². The van der Waals surface area contributed by atoms with E-state index in [0.29, 0.717) is 18.5 Å². The first kappa shape index (κ1) is 15.9. The zero-order valence-electron chi connectivity index (χ0n) is 12.8. The molecule has 2 N–H and O–H groups in total. The fraction of sp³-hybridized carbons (Fsp3) is 0.467. The van der Waals surface area contributed by atoms with Gasteiger partial charge in [0.05, 0.1) is 11.4 Å². The van der Waals surface area contributed by atoms with Crippen molar-refractivity contribution in [1.82, 2.24) is 9.62 Å². The van der Waals surface area contributed by atoms with Crippen molar-refractivity contribution in [3.8, 4) is 0 Å². The van der Waals surface area contributed by atoms with Crippen molar-refractivity contribution in [1.29, 1.82) is 0 Å². The van der Waals surface area contributed by atoms with E-state index in [2.05, 4.69) is 10.6 Å². The molecule has 1 saturated carbocycles. The van der Waals surface area contributed by atoms with E-state index < -0.39 is 10.0 Å². The summed E-state index contributed by atoms with van der Waals surface area (Å²) in [6, 6.07) is 4.82. The predicted octanol–water partition coefficient (Wildman–Crippen LogP) is 0.470. The van der Waals surface area contributed by atoms with E-state index in [9.17, 15) is 18.0 Å². The maximum Gasteiger partial charge on any atom is 0.243 e. The summed E-state index contributed by atoms with van der Waals surface area (Å²) in [7, 11) is -2.34. The molecule has 1 aliphatic carbocycles. The van der Waals surface area contributed by atoms with Gasteiger partial charge in [0.25, 0.3) is 0 Å². The lowest BCUT2D eigenvalue weighted by Crippen LogP contribution is -2.39. The van der Waals surface area contributed by atoms with Crippen LogP contribution in [-0.2, 0) is 26.0 Å². The molecule has 2 amide bonds. The molecule has 1 fully saturated rings. The highest BCUT2D eigenvalue weighted by atomic mass is 32.2. The first-order valence-electron chi connectivity index (χ1n) is 7.55. The second-order valence-electron chi connectivity index (χ2n) is 5.97. The van der Waals surface area contributed by atoms with Crippen LogP contribution < -0.4 is 10.6 Å². The molecular weight excluding hydrogens is 318 g/mol. The molecule has 0 radical (unpaired) electrons. The van der Waals surface area contributed by atoms with Gasteiger partial charge in [-0.2, -0.15) is 4.31 Å². The topological polar surface area (TPSA) is 95.6 Å². The molecule has 0 unspecified atom stereocenters. The zero-order chi connectivity index (χ0) is 16.6. The van der Waals surface area contributed by atoms with Crippen LogP contribution in [0.4, 0.5) is 5.69 Å². The third kappa shape index (κ3) is 3.53. The molecule has 0 spiro atoms. The van der Waals surface area contributed by atoms with Gasteiger partial charge in [0, 0.05) is 25.2 Å². The van der Waals surface area contributed by atoms with Gasteiger partial charge in [-0.15, -0.1) is 0 Å². The Morgan fingerprint density at radius 3 is 2.78 bits per heavy atom. The number of aryl methyl sites for hydroxylation is 1. The lowest BCUT2D eigenvalue weighted by atomic mass is 10.0. The summed E-state index contributed by atoms with van der Waals surface area (Å²) >= 11 is 0. The van der Waals surface area contributed by atoms with E-state index in [-0.39, 0.29) is 29.3 Å². The molecule has 23 heavy (non-hydrogen) atoms. The number of carbonyl (C=O) groups excluding carboxylic acids is 2. The molecule has 1 aliphatic heterocycles. The second-order valence-corrected chi connectivity index (χ2v) is 8.01. The van der Waals surface area contributed by atoms with E-state index in [4.69, 9.17) is 0 Å². The first-order valence-corrected chi connectivity index (χ1v) is 8.99. The van der Waals surface area contributed by atoms with Crippen LogP contribution in [0.25, 0.3) is 0 Å². The molecule has 124 valence electrons. The fourth-order valence-electron chi connectivity index (χ4n) is 2.49. The number of likely N-dealkylation sites (N-methyl/N-ethyl adjacent to an activating group) is 1. The van der Waals surface area contributed by atoms with Gasteiger partial charge in [-0.25, -0.2) is 8.42 Å². The summed E-state index contributed by atoms with van der Waals surface area (Å²) < 4.78 is 26.2. The van der Waals surface area contributed by atoms with E-state index in [1.807, 2.05) is 0 Å². The minimum absolute atomic E-state index is 0.0676. The average molecular weight is 337 g/mol. The average Bonchev–Trinajstić information content (AvgIpc) is 3.30. The second kappa shape index (κ2) is 5.93. The molecular formula is C15H19N3O4S. The van der Waals surface area contributed by atoms with Crippen molar-refractivity contribution in [3.63, 3.8) is 0 Å². The Kier molecular flexibility index (Phi) is 4.11. The largest absolute Gasteiger partial charge is 0.352 e. The molecule has 0 saturated heterocycles. The Hall–Kier alpha value is -1.93. The van der Waals surface area contributed by atoms with Crippen molar-refractivity contribution < 1.29 is 18.0 Å². The molecule has 0 atom stereocenters. The van der Waals surface area contributed by atoms with Gasteiger partial charge in [-0.1, -0.05) is 0 Å². The Balaban J connectivity index is 1.75. The van der Waals surface area contributed by atoms with Gasteiger partial charge in [0.1, 0.15) is 0 Å². The molecule has 0 aromatic heterocycles. The minimum atomic E-state index is -3.74. The van der Waals surface area contributed by atoms with Gasteiger partial charge in [-0.05, 0) is 43.0 Å². The van der Waals surface area contributed by atoms with Crippen molar-refractivity contribution >= 4 is 27.5 Å². The van der Waals surface area contributed by atoms with Crippen LogP contribution in [0.15, 0.2) is 23.1 Å². The summed E-state index contributed by atoms with van der Waals surface area (Å²) in [5.74, 6) is -0.356. The monoisotopic (exact) mass is 337 g/mol. The van der Waals surface area contributed by atoms with Gasteiger partial charge in [0.15, 0.2) is 0 Å². The van der Waals surface area contributed by atoms with E-state index in [0.717, 1.165) is 22.7 Å². The number of fused-ring (bicyclic) bond motifs is 1. The Morgan fingerprint density at radius 1 is 1.35 bits per heavy atom. The van der Waals surface area contributed by atoms with Crippen LogP contribution >= 0.6 is 0 Å². The molecule has 1 heterocycles. The minimum Gasteiger partial charge on any atom is -0.352 e. The van der Waals surface area contributed by atoms with Crippen LogP contribution in [0.2, 0.25) is 0 Å². The normalized spacial score (nSPS) is 17.6. The molecule has 1 aromatic rings. The van der Waals surface area contributed by atoms with Crippen LogP contribution in [-0.4, -0.2) is 44.2 Å². The molecule has 8 heteroatoms. The smallest absolute Gasteiger partial charge is 0.243 e. The fourth-order valence-corrected chi connectivity index (χ4v) is 3.67. The van der Waals surface area contributed by atoms with Crippen molar-refractivity contribution in [2.75, 3.05) is 18.9 Å². The molecule has 1 aromatic carbocycles. The van der Waals surface area contributed by atoms with Crippen LogP contribution in [0.3, 0.4) is 0 Å². The number of sulfonamides is 1. The number of carbonyl (C=O) groups is 2. The van der Waals surface area contributed by atoms with Gasteiger partial charge >= 0.3 is 0 Å². The third-order valence-corrected chi connectivity index (χ3v) is 5.79. The number of amides is 2. The third-order valence-electron chi connectivity index (χ3n) is 3.99. The lowest BCUT2D eigenvalue weighted by molar-refractivity contribution is -0.121. The molecule has 7 nitrogen and oxygen atoms in total. The maximum atomic E-state index is 12.6. The van der Waals surface area contributed by atoms with Gasteiger partial charge in [-0.3, -0.25) is 9.59 Å². The van der Waals surface area contributed by atoms with E-state index in [1.54, 1.807) is 12.1 Å². The van der Waals surface area contributed by atoms with Gasteiger partial charge < -0.3 is 10.6 Å². The quantitative estimate of drug-likeness (QED) is 0.816. The number of anilines is 1. The molecule has 2 aliphatic rings. The lowest BCUT2D eigenvalue weighted by Gasteiger charge is -2.20. The number of nitrogens with zero attached hydrogens (tertiary/aromatic N) is 1. The highest BCUT2D eigenvalue weighted by Crippen LogP contribution is 2.26. The van der Waals surface area contributed by atoms with Crippen molar-refractivity contribution in [2.45, 2.75) is 36.6 Å². The van der Waals surface area contributed by atoms with Crippen molar-refractivity contribution in [2.24, 2.45) is 0 Å². The molecule has 3 rings (SSSR count). The number of hydrogen-bond donors (Lipinski definition) is 2. The van der Waals surface area contributed by atoms with Gasteiger partial charge in [0.2, 0.25) is 21.8 Å². The standard InChI is InChI=1S/C15H19N3O4S/c1-18(9-15(20)16-11-3-4-11)23(21,22)12-5-6-13-10(8-12)2-7-14(19)17-13/h5-6,8,11H,2-4,7,9H2,1H3,(H,16,20)(H,17,19). The summed E-state index contributed by atoms with van der Waals surface area (Å²) in [6.07, 6.45) is 2.77. The highest BCUT2D eigenvalue weighted by molar-refractivity contribution is 7.89. The Bertz CT molecular complexity index is 756. The molecule has 0 bridgehead atoms. The summed E-state index contributed by atoms with van der Waals surface area (Å²) in [4.78, 5) is 23.3. The number of rotatable bonds is 5. The summed E-state index contributed by atoms with van der Waals surface area (Å²) in [5, 5.41) is 5.49. The van der Waals surface area contributed by atoms with Crippen LogP contribution in [0, 0.1) is 0 Å². The zero-order valence-corrected chi connectivity index (χ0v) is 13.6. The number of hydrogen-bond acceptors (Lipinski definition) is 4. The van der Waals surface area contributed by atoms with Crippen LogP contribution in [0.5, 0.6) is 0 Å². The first-order chi connectivity index (χ1) is 10.9. The Morgan fingerprint density at radius 2 is 2.09 bits per heavy atom. The van der Waals surface area contributed by atoms with E-state index in [1.165, 1.54) is 13.1 Å². The summed E-state index contributed by atoms with van der Waals surface area (Å²) in [5.41, 5.74) is 1.44. The number of nitrogens with one attached hydrogen (secondary N) is 2. The maximum absolute atomic E-state index is 12.6. The van der Waals surface area contributed by atoms with Crippen LogP contribution in [0.1, 0.15) is 24.8 Å². The predicted molar refractivity (Wildman–Crippen MR) is 84.4 cm³/mol. The summed E-state index contributed by atoms with van der Waals surface area (Å²) in [6.45, 7) is -0.202. The van der Waals surface area contributed by atoms with Crippen molar-refractivity contribution in [3.05, 3.63) is 23.8 Å². The van der Waals surface area contributed by atoms with E-state index >= 15 is 0 Å². The SMILES string of the molecule is CN(CC(=O)NC1CC1)S(=O)(=O)c1ccc2c(c1)CCC(=O)N2.